The lowest BCUT2D eigenvalue weighted by Gasteiger charge is -2.19. The number of hydrogen-bond acceptors (Lipinski definition) is 3. The van der Waals surface area contributed by atoms with Crippen LogP contribution < -0.4 is 11.1 Å². The standard InChI is InChI=1S/C11H24N2OS/c1-5-15-8-9(2)13-10(14)6-7-11(3,4)12/h9H,5-8,12H2,1-4H3,(H,13,14). The zero-order valence-corrected chi connectivity index (χ0v) is 11.1. The third kappa shape index (κ3) is 10.1. The second kappa shape index (κ2) is 7.12. The number of carbonyl (C=O) groups excluding carboxylic acids is 1. The molecule has 0 aliphatic heterocycles. The molecule has 0 aromatic carbocycles. The molecule has 1 amide bonds. The molecule has 4 heteroatoms. The molecule has 0 spiro atoms. The molecule has 0 bridgehead atoms. The molecule has 0 heterocycles. The van der Waals surface area contributed by atoms with Crippen LogP contribution in [0.2, 0.25) is 0 Å². The molecule has 3 nitrogen and oxygen atoms in total. The first-order valence-electron chi connectivity index (χ1n) is 5.51. The highest BCUT2D eigenvalue weighted by Gasteiger charge is 2.14. The Kier molecular flexibility index (Phi) is 7.02. The average molecular weight is 232 g/mol. The molecule has 0 fully saturated rings. The van der Waals surface area contributed by atoms with E-state index < -0.39 is 0 Å². The van der Waals surface area contributed by atoms with E-state index in [0.29, 0.717) is 6.42 Å². The van der Waals surface area contributed by atoms with Crippen LogP contribution in [-0.2, 0) is 4.79 Å². The number of thioether (sulfide) groups is 1. The van der Waals surface area contributed by atoms with Crippen LogP contribution >= 0.6 is 11.8 Å². The molecule has 0 aromatic rings. The fourth-order valence-corrected chi connectivity index (χ4v) is 1.79. The normalized spacial score (nSPS) is 13.7. The zero-order valence-electron chi connectivity index (χ0n) is 10.3. The van der Waals surface area contributed by atoms with Crippen molar-refractivity contribution in [2.45, 2.75) is 52.1 Å². The second-order valence-electron chi connectivity index (χ2n) is 4.62. The Balaban J connectivity index is 3.64. The maximum absolute atomic E-state index is 11.5. The Morgan fingerprint density at radius 1 is 1.53 bits per heavy atom. The Bertz CT molecular complexity index is 190. The minimum atomic E-state index is -0.251. The number of hydrogen-bond donors (Lipinski definition) is 2. The van der Waals surface area contributed by atoms with Crippen LogP contribution in [0.1, 0.15) is 40.5 Å². The number of rotatable bonds is 7. The largest absolute Gasteiger partial charge is 0.353 e. The predicted molar refractivity (Wildman–Crippen MR) is 68.1 cm³/mol. The predicted octanol–water partition coefficient (Wildman–Crippen LogP) is 1.76. The lowest BCUT2D eigenvalue weighted by atomic mass is 10.00. The third-order valence-electron chi connectivity index (χ3n) is 1.98. The summed E-state index contributed by atoms with van der Waals surface area (Å²) in [5.41, 5.74) is 5.56. The second-order valence-corrected chi connectivity index (χ2v) is 5.94. The van der Waals surface area contributed by atoms with Crippen molar-refractivity contribution in [3.05, 3.63) is 0 Å². The summed E-state index contributed by atoms with van der Waals surface area (Å²) in [5, 5.41) is 2.97. The molecule has 0 aliphatic carbocycles. The minimum absolute atomic E-state index is 0.109. The van der Waals surface area contributed by atoms with Gasteiger partial charge in [-0.3, -0.25) is 4.79 Å². The molecule has 0 saturated carbocycles. The molecular formula is C11H24N2OS. The molecule has 1 atom stereocenters. The molecule has 90 valence electrons. The Labute approximate surface area is 97.6 Å². The van der Waals surface area contributed by atoms with Crippen molar-refractivity contribution < 1.29 is 4.79 Å². The van der Waals surface area contributed by atoms with Crippen molar-refractivity contribution >= 4 is 17.7 Å². The smallest absolute Gasteiger partial charge is 0.220 e. The summed E-state index contributed by atoms with van der Waals surface area (Å²) < 4.78 is 0. The van der Waals surface area contributed by atoms with Crippen molar-refractivity contribution in [1.29, 1.82) is 0 Å². The van der Waals surface area contributed by atoms with Crippen LogP contribution in [0.15, 0.2) is 0 Å². The van der Waals surface area contributed by atoms with Gasteiger partial charge in [0.15, 0.2) is 0 Å². The lowest BCUT2D eigenvalue weighted by Crippen LogP contribution is -2.37. The maximum atomic E-state index is 11.5. The van der Waals surface area contributed by atoms with Gasteiger partial charge in [0, 0.05) is 23.8 Å². The first-order valence-corrected chi connectivity index (χ1v) is 6.66. The van der Waals surface area contributed by atoms with Crippen LogP contribution in [0.25, 0.3) is 0 Å². The zero-order chi connectivity index (χ0) is 11.9. The van der Waals surface area contributed by atoms with Gasteiger partial charge in [0.1, 0.15) is 0 Å². The SMILES string of the molecule is CCSCC(C)NC(=O)CCC(C)(C)N. The van der Waals surface area contributed by atoms with Crippen LogP contribution in [0.3, 0.4) is 0 Å². The molecule has 0 aromatic heterocycles. The van der Waals surface area contributed by atoms with Crippen molar-refractivity contribution in [2.24, 2.45) is 5.73 Å². The first kappa shape index (κ1) is 14.8. The van der Waals surface area contributed by atoms with E-state index in [1.54, 1.807) is 0 Å². The van der Waals surface area contributed by atoms with E-state index in [0.717, 1.165) is 17.9 Å². The summed E-state index contributed by atoms with van der Waals surface area (Å²) in [6, 6.07) is 0.253. The average Bonchev–Trinajstić information content (AvgIpc) is 2.10. The van der Waals surface area contributed by atoms with Crippen LogP contribution in [-0.4, -0.2) is 29.0 Å². The lowest BCUT2D eigenvalue weighted by molar-refractivity contribution is -0.121. The monoisotopic (exact) mass is 232 g/mol. The van der Waals surface area contributed by atoms with Gasteiger partial charge in [0.05, 0.1) is 0 Å². The van der Waals surface area contributed by atoms with Gasteiger partial charge >= 0.3 is 0 Å². The summed E-state index contributed by atoms with van der Waals surface area (Å²) in [4.78, 5) is 11.5. The topological polar surface area (TPSA) is 55.1 Å². The molecule has 0 rings (SSSR count). The summed E-state index contributed by atoms with van der Waals surface area (Å²) in [7, 11) is 0. The summed E-state index contributed by atoms with van der Waals surface area (Å²) in [5.74, 6) is 2.18. The molecule has 15 heavy (non-hydrogen) atoms. The molecule has 0 saturated heterocycles. The van der Waals surface area contributed by atoms with Gasteiger partial charge in [-0.2, -0.15) is 11.8 Å². The van der Waals surface area contributed by atoms with Crippen molar-refractivity contribution in [3.8, 4) is 0 Å². The minimum Gasteiger partial charge on any atom is -0.353 e. The van der Waals surface area contributed by atoms with E-state index in [1.807, 2.05) is 32.5 Å². The van der Waals surface area contributed by atoms with E-state index in [4.69, 9.17) is 5.73 Å². The fraction of sp³-hybridized carbons (Fsp3) is 0.909. The summed E-state index contributed by atoms with van der Waals surface area (Å²) >= 11 is 1.84. The van der Waals surface area contributed by atoms with Crippen LogP contribution in [0, 0.1) is 0 Å². The maximum Gasteiger partial charge on any atom is 0.220 e. The fourth-order valence-electron chi connectivity index (χ4n) is 1.12. The number of carbonyl (C=O) groups is 1. The summed E-state index contributed by atoms with van der Waals surface area (Å²) in [6.07, 6.45) is 1.25. The molecular weight excluding hydrogens is 208 g/mol. The Hall–Kier alpha value is -0.220. The van der Waals surface area contributed by atoms with Gasteiger partial charge in [0.25, 0.3) is 0 Å². The highest BCUT2D eigenvalue weighted by molar-refractivity contribution is 7.99. The van der Waals surface area contributed by atoms with E-state index in [9.17, 15) is 4.79 Å². The molecule has 3 N–H and O–H groups in total. The Morgan fingerprint density at radius 3 is 2.60 bits per heavy atom. The molecule has 1 unspecified atom stereocenters. The van der Waals surface area contributed by atoms with Gasteiger partial charge in [-0.05, 0) is 32.9 Å². The van der Waals surface area contributed by atoms with E-state index in [1.165, 1.54) is 0 Å². The van der Waals surface area contributed by atoms with E-state index >= 15 is 0 Å². The van der Waals surface area contributed by atoms with E-state index in [-0.39, 0.29) is 17.5 Å². The summed E-state index contributed by atoms with van der Waals surface area (Å²) in [6.45, 7) is 8.04. The van der Waals surface area contributed by atoms with Gasteiger partial charge in [-0.1, -0.05) is 6.92 Å². The van der Waals surface area contributed by atoms with Gasteiger partial charge in [0.2, 0.25) is 5.91 Å². The van der Waals surface area contributed by atoms with Gasteiger partial charge in [-0.15, -0.1) is 0 Å². The van der Waals surface area contributed by atoms with Crippen molar-refractivity contribution in [2.75, 3.05) is 11.5 Å². The van der Waals surface area contributed by atoms with Crippen molar-refractivity contribution in [1.82, 2.24) is 5.32 Å². The quantitative estimate of drug-likeness (QED) is 0.703. The highest BCUT2D eigenvalue weighted by atomic mass is 32.2. The van der Waals surface area contributed by atoms with E-state index in [2.05, 4.69) is 12.2 Å². The van der Waals surface area contributed by atoms with Crippen LogP contribution in [0.4, 0.5) is 0 Å². The first-order chi connectivity index (χ1) is 6.85. The highest BCUT2D eigenvalue weighted by Crippen LogP contribution is 2.07. The van der Waals surface area contributed by atoms with Crippen molar-refractivity contribution in [3.63, 3.8) is 0 Å². The Morgan fingerprint density at radius 2 is 2.13 bits per heavy atom. The van der Waals surface area contributed by atoms with Gasteiger partial charge in [-0.25, -0.2) is 0 Å². The number of nitrogens with one attached hydrogen (secondary N) is 1. The molecule has 0 aliphatic rings. The third-order valence-corrected chi connectivity index (χ3v) is 3.12. The van der Waals surface area contributed by atoms with Crippen LogP contribution in [0.5, 0.6) is 0 Å². The number of amides is 1. The van der Waals surface area contributed by atoms with Gasteiger partial charge < -0.3 is 11.1 Å². The number of nitrogens with two attached hydrogens (primary N) is 1. The molecule has 0 radical (unpaired) electrons.